The number of amides is 2. The van der Waals surface area contributed by atoms with Crippen molar-refractivity contribution in [1.82, 2.24) is 5.32 Å². The molecule has 4 nitrogen and oxygen atoms in total. The number of nitrogens with one attached hydrogen (secondary N) is 2. The van der Waals surface area contributed by atoms with Gasteiger partial charge in [0.15, 0.2) is 0 Å². The quantitative estimate of drug-likeness (QED) is 0.867. The van der Waals surface area contributed by atoms with Gasteiger partial charge < -0.3 is 10.6 Å². The second kappa shape index (κ2) is 4.65. The van der Waals surface area contributed by atoms with E-state index in [1.54, 1.807) is 12.1 Å². The van der Waals surface area contributed by atoms with Crippen LogP contribution in [-0.4, -0.2) is 17.9 Å². The fourth-order valence-corrected chi connectivity index (χ4v) is 1.84. The molecule has 16 heavy (non-hydrogen) atoms. The van der Waals surface area contributed by atoms with E-state index in [4.69, 9.17) is 0 Å². The summed E-state index contributed by atoms with van der Waals surface area (Å²) in [6.07, 6.45) is 1.000. The molecule has 0 saturated carbocycles. The lowest BCUT2D eigenvalue weighted by Gasteiger charge is -2.10. The number of benzene rings is 1. The molecule has 0 bridgehead atoms. The maximum absolute atomic E-state index is 11.7. The highest BCUT2D eigenvalue weighted by atomic mass is 79.9. The van der Waals surface area contributed by atoms with Crippen LogP contribution in [0.3, 0.4) is 0 Å². The molecule has 1 fully saturated rings. The second-order valence-electron chi connectivity index (χ2n) is 3.65. The second-order valence-corrected chi connectivity index (χ2v) is 4.57. The van der Waals surface area contributed by atoms with E-state index in [1.807, 2.05) is 12.1 Å². The molecule has 1 aliphatic heterocycles. The summed E-state index contributed by atoms with van der Waals surface area (Å²) in [6.45, 7) is 0. The van der Waals surface area contributed by atoms with Crippen LogP contribution in [0.1, 0.15) is 12.8 Å². The zero-order valence-corrected chi connectivity index (χ0v) is 10.1. The third-order valence-corrected chi connectivity index (χ3v) is 2.95. The van der Waals surface area contributed by atoms with Crippen molar-refractivity contribution < 1.29 is 9.59 Å². The first-order chi connectivity index (χ1) is 7.65. The molecule has 84 valence electrons. The van der Waals surface area contributed by atoms with E-state index < -0.39 is 6.04 Å². The maximum Gasteiger partial charge on any atom is 0.246 e. The van der Waals surface area contributed by atoms with Crippen LogP contribution in [0.5, 0.6) is 0 Å². The van der Waals surface area contributed by atoms with Gasteiger partial charge in [-0.3, -0.25) is 9.59 Å². The van der Waals surface area contributed by atoms with Crippen molar-refractivity contribution in [3.05, 3.63) is 28.7 Å². The first-order valence-corrected chi connectivity index (χ1v) is 5.80. The minimum absolute atomic E-state index is 0.0593. The SMILES string of the molecule is O=C1CC[C@H](C(=O)Nc2ccc(Br)cc2)N1. The van der Waals surface area contributed by atoms with Crippen LogP contribution in [0.15, 0.2) is 28.7 Å². The molecular weight excluding hydrogens is 272 g/mol. The summed E-state index contributed by atoms with van der Waals surface area (Å²) in [5, 5.41) is 5.38. The van der Waals surface area contributed by atoms with Gasteiger partial charge in [0, 0.05) is 16.6 Å². The highest BCUT2D eigenvalue weighted by Crippen LogP contribution is 2.15. The van der Waals surface area contributed by atoms with Gasteiger partial charge in [-0.15, -0.1) is 0 Å². The summed E-state index contributed by atoms with van der Waals surface area (Å²) in [4.78, 5) is 22.7. The Morgan fingerprint density at radius 2 is 2.06 bits per heavy atom. The van der Waals surface area contributed by atoms with Gasteiger partial charge in [0.05, 0.1) is 0 Å². The molecule has 1 saturated heterocycles. The molecule has 1 heterocycles. The van der Waals surface area contributed by atoms with Crippen LogP contribution in [0, 0.1) is 0 Å². The third-order valence-electron chi connectivity index (χ3n) is 2.42. The average Bonchev–Trinajstić information content (AvgIpc) is 2.68. The van der Waals surface area contributed by atoms with Gasteiger partial charge in [0.25, 0.3) is 0 Å². The standard InChI is InChI=1S/C11H11BrN2O2/c12-7-1-3-8(4-2-7)13-11(16)9-5-6-10(15)14-9/h1-4,9H,5-6H2,(H,13,16)(H,14,15)/t9-/m1/s1. The lowest BCUT2D eigenvalue weighted by atomic mass is 10.2. The van der Waals surface area contributed by atoms with E-state index in [9.17, 15) is 9.59 Å². The first-order valence-electron chi connectivity index (χ1n) is 5.01. The number of anilines is 1. The molecule has 0 aromatic heterocycles. The van der Waals surface area contributed by atoms with Crippen molar-refractivity contribution in [1.29, 1.82) is 0 Å². The Hall–Kier alpha value is -1.36. The van der Waals surface area contributed by atoms with Crippen molar-refractivity contribution in [3.8, 4) is 0 Å². The van der Waals surface area contributed by atoms with Gasteiger partial charge in [-0.1, -0.05) is 15.9 Å². The van der Waals surface area contributed by atoms with Crippen molar-refractivity contribution in [2.75, 3.05) is 5.32 Å². The van der Waals surface area contributed by atoms with Gasteiger partial charge in [0.1, 0.15) is 6.04 Å². The summed E-state index contributed by atoms with van der Waals surface area (Å²) >= 11 is 3.32. The summed E-state index contributed by atoms with van der Waals surface area (Å²) in [7, 11) is 0. The topological polar surface area (TPSA) is 58.2 Å². The van der Waals surface area contributed by atoms with E-state index in [1.165, 1.54) is 0 Å². The molecule has 2 amide bonds. The van der Waals surface area contributed by atoms with E-state index in [-0.39, 0.29) is 11.8 Å². The summed E-state index contributed by atoms with van der Waals surface area (Å²) < 4.78 is 0.958. The van der Waals surface area contributed by atoms with E-state index in [0.29, 0.717) is 12.8 Å². The fraction of sp³-hybridized carbons (Fsp3) is 0.273. The smallest absolute Gasteiger partial charge is 0.246 e. The molecule has 0 unspecified atom stereocenters. The predicted octanol–water partition coefficient (Wildman–Crippen LogP) is 1.67. The molecule has 2 N–H and O–H groups in total. The van der Waals surface area contributed by atoms with Crippen molar-refractivity contribution in [2.24, 2.45) is 0 Å². The minimum Gasteiger partial charge on any atom is -0.344 e. The molecule has 0 radical (unpaired) electrons. The molecule has 0 aliphatic carbocycles. The fourth-order valence-electron chi connectivity index (χ4n) is 1.57. The van der Waals surface area contributed by atoms with Gasteiger partial charge >= 0.3 is 0 Å². The van der Waals surface area contributed by atoms with Crippen molar-refractivity contribution in [3.63, 3.8) is 0 Å². The van der Waals surface area contributed by atoms with E-state index >= 15 is 0 Å². The van der Waals surface area contributed by atoms with Crippen LogP contribution in [-0.2, 0) is 9.59 Å². The Balaban J connectivity index is 1.97. The van der Waals surface area contributed by atoms with Crippen LogP contribution in [0.4, 0.5) is 5.69 Å². The zero-order valence-electron chi connectivity index (χ0n) is 8.50. The van der Waals surface area contributed by atoms with Crippen LogP contribution in [0.25, 0.3) is 0 Å². The highest BCUT2D eigenvalue weighted by Gasteiger charge is 2.26. The number of hydrogen-bond donors (Lipinski definition) is 2. The molecule has 0 spiro atoms. The molecule has 5 heteroatoms. The number of carbonyl (C=O) groups excluding carboxylic acids is 2. The highest BCUT2D eigenvalue weighted by molar-refractivity contribution is 9.10. The molecule has 1 atom stereocenters. The Kier molecular flexibility index (Phi) is 3.24. The van der Waals surface area contributed by atoms with Crippen LogP contribution < -0.4 is 10.6 Å². The van der Waals surface area contributed by atoms with Crippen molar-refractivity contribution in [2.45, 2.75) is 18.9 Å². The molecule has 1 aliphatic rings. The molecule has 1 aromatic carbocycles. The van der Waals surface area contributed by atoms with Crippen LogP contribution >= 0.6 is 15.9 Å². The van der Waals surface area contributed by atoms with Crippen LogP contribution in [0.2, 0.25) is 0 Å². The largest absolute Gasteiger partial charge is 0.344 e. The van der Waals surface area contributed by atoms with E-state index in [0.717, 1.165) is 10.2 Å². The monoisotopic (exact) mass is 282 g/mol. The number of carbonyl (C=O) groups is 2. The van der Waals surface area contributed by atoms with Crippen molar-refractivity contribution >= 4 is 33.4 Å². The third kappa shape index (κ3) is 2.61. The molecule has 2 rings (SSSR count). The lowest BCUT2D eigenvalue weighted by Crippen LogP contribution is -2.37. The predicted molar refractivity (Wildman–Crippen MR) is 63.9 cm³/mol. The molecular formula is C11H11BrN2O2. The van der Waals surface area contributed by atoms with Gasteiger partial charge in [-0.25, -0.2) is 0 Å². The number of rotatable bonds is 2. The Morgan fingerprint density at radius 1 is 1.38 bits per heavy atom. The lowest BCUT2D eigenvalue weighted by molar-refractivity contribution is -0.122. The Bertz CT molecular complexity index is 416. The summed E-state index contributed by atoms with van der Waals surface area (Å²) in [5.41, 5.74) is 0.731. The number of halogens is 1. The summed E-state index contributed by atoms with van der Waals surface area (Å²) in [5.74, 6) is -0.218. The maximum atomic E-state index is 11.7. The van der Waals surface area contributed by atoms with Gasteiger partial charge in [-0.05, 0) is 30.7 Å². The van der Waals surface area contributed by atoms with Gasteiger partial charge in [0.2, 0.25) is 11.8 Å². The number of hydrogen-bond acceptors (Lipinski definition) is 2. The molecule has 1 aromatic rings. The first kappa shape index (κ1) is 11.1. The normalized spacial score (nSPS) is 19.3. The average molecular weight is 283 g/mol. The summed E-state index contributed by atoms with van der Waals surface area (Å²) in [6, 6.07) is 6.92. The Labute approximate surface area is 102 Å². The Morgan fingerprint density at radius 3 is 2.62 bits per heavy atom. The zero-order chi connectivity index (χ0) is 11.5. The van der Waals surface area contributed by atoms with Gasteiger partial charge in [-0.2, -0.15) is 0 Å². The van der Waals surface area contributed by atoms with E-state index in [2.05, 4.69) is 26.6 Å². The minimum atomic E-state index is -0.392.